The molecule has 1 aromatic rings. The van der Waals surface area contributed by atoms with Crippen molar-refractivity contribution in [2.45, 2.75) is 51.5 Å². The minimum Gasteiger partial charge on any atom is -0.381 e. The first-order valence-corrected chi connectivity index (χ1v) is 7.17. The van der Waals surface area contributed by atoms with E-state index in [0.717, 1.165) is 10.9 Å². The number of hydrogen-bond acceptors (Lipinski definition) is 1. The second-order valence-corrected chi connectivity index (χ2v) is 6.05. The van der Waals surface area contributed by atoms with Crippen molar-refractivity contribution in [3.8, 4) is 0 Å². The van der Waals surface area contributed by atoms with E-state index in [2.05, 4.69) is 24.4 Å². The summed E-state index contributed by atoms with van der Waals surface area (Å²) < 4.78 is 0. The molecule has 3 rings (SSSR count). The normalized spacial score (nSPS) is 24.5. The molecule has 0 radical (unpaired) electrons. The van der Waals surface area contributed by atoms with E-state index >= 15 is 0 Å². The number of hydrogen-bond donors (Lipinski definition) is 1. The SMILES string of the molecule is Cc1cc(Cl)cc2c1NC(C1CCCCC1)C2. The lowest BCUT2D eigenvalue weighted by atomic mass is 9.83. The number of aryl methyl sites for hydroxylation is 1. The quantitative estimate of drug-likeness (QED) is 0.769. The monoisotopic (exact) mass is 249 g/mol. The molecule has 1 unspecified atom stereocenters. The molecular weight excluding hydrogens is 230 g/mol. The second kappa shape index (κ2) is 4.53. The Morgan fingerprint density at radius 3 is 2.71 bits per heavy atom. The van der Waals surface area contributed by atoms with Gasteiger partial charge in [0.05, 0.1) is 0 Å². The summed E-state index contributed by atoms with van der Waals surface area (Å²) in [5, 5.41) is 4.62. The molecule has 0 aromatic heterocycles. The summed E-state index contributed by atoms with van der Waals surface area (Å²) >= 11 is 6.13. The zero-order valence-corrected chi connectivity index (χ0v) is 11.2. The van der Waals surface area contributed by atoms with Gasteiger partial charge >= 0.3 is 0 Å². The highest BCUT2D eigenvalue weighted by Crippen LogP contribution is 2.38. The first-order chi connectivity index (χ1) is 8.24. The van der Waals surface area contributed by atoms with Crippen LogP contribution in [0.15, 0.2) is 12.1 Å². The number of anilines is 1. The molecule has 0 spiro atoms. The Morgan fingerprint density at radius 2 is 1.94 bits per heavy atom. The third-order valence-electron chi connectivity index (χ3n) is 4.37. The van der Waals surface area contributed by atoms with Crippen LogP contribution in [0.2, 0.25) is 5.02 Å². The minimum absolute atomic E-state index is 0.655. The highest BCUT2D eigenvalue weighted by Gasteiger charge is 2.29. The van der Waals surface area contributed by atoms with Crippen LogP contribution in [0.25, 0.3) is 0 Å². The number of fused-ring (bicyclic) bond motifs is 1. The van der Waals surface area contributed by atoms with E-state index in [9.17, 15) is 0 Å². The molecule has 2 aliphatic rings. The summed E-state index contributed by atoms with van der Waals surface area (Å²) in [6.45, 7) is 2.15. The van der Waals surface area contributed by atoms with Crippen LogP contribution < -0.4 is 5.32 Å². The van der Waals surface area contributed by atoms with Crippen molar-refractivity contribution >= 4 is 17.3 Å². The lowest BCUT2D eigenvalue weighted by Gasteiger charge is -2.27. The van der Waals surface area contributed by atoms with Crippen LogP contribution in [0.1, 0.15) is 43.2 Å². The lowest BCUT2D eigenvalue weighted by Crippen LogP contribution is -2.28. The molecule has 1 fully saturated rings. The third-order valence-corrected chi connectivity index (χ3v) is 4.59. The molecule has 1 aliphatic heterocycles. The molecule has 2 heteroatoms. The molecule has 1 atom stereocenters. The summed E-state index contributed by atoms with van der Waals surface area (Å²) in [7, 11) is 0. The van der Waals surface area contributed by atoms with Gasteiger partial charge in [-0.2, -0.15) is 0 Å². The maximum Gasteiger partial charge on any atom is 0.0412 e. The highest BCUT2D eigenvalue weighted by molar-refractivity contribution is 6.30. The molecular formula is C15H20ClN. The summed E-state index contributed by atoms with van der Waals surface area (Å²) in [6.07, 6.45) is 8.23. The Balaban J connectivity index is 1.80. The van der Waals surface area contributed by atoms with Crippen LogP contribution >= 0.6 is 11.6 Å². The molecule has 1 saturated carbocycles. The molecule has 1 nitrogen and oxygen atoms in total. The van der Waals surface area contributed by atoms with Gasteiger partial charge in [0.25, 0.3) is 0 Å². The Morgan fingerprint density at radius 1 is 1.18 bits per heavy atom. The first kappa shape index (κ1) is 11.4. The number of rotatable bonds is 1. The highest BCUT2D eigenvalue weighted by atomic mass is 35.5. The summed E-state index contributed by atoms with van der Waals surface area (Å²) in [4.78, 5) is 0. The molecule has 0 bridgehead atoms. The summed E-state index contributed by atoms with van der Waals surface area (Å²) in [5.41, 5.74) is 4.07. The zero-order valence-electron chi connectivity index (χ0n) is 10.4. The van der Waals surface area contributed by atoms with Gasteiger partial charge in [0, 0.05) is 16.8 Å². The van der Waals surface area contributed by atoms with Crippen LogP contribution in [0.4, 0.5) is 5.69 Å². The predicted octanol–water partition coefficient (Wildman–Crippen LogP) is 4.57. The molecule has 0 saturated heterocycles. The number of halogens is 1. The van der Waals surface area contributed by atoms with Crippen molar-refractivity contribution in [3.05, 3.63) is 28.3 Å². The van der Waals surface area contributed by atoms with Crippen molar-refractivity contribution in [1.82, 2.24) is 0 Å². The Kier molecular flexibility index (Phi) is 3.04. The molecule has 0 amide bonds. The molecule has 1 aromatic carbocycles. The van der Waals surface area contributed by atoms with Gasteiger partial charge in [-0.3, -0.25) is 0 Å². The Labute approximate surface area is 109 Å². The summed E-state index contributed by atoms with van der Waals surface area (Å²) in [5.74, 6) is 0.870. The van der Waals surface area contributed by atoms with Gasteiger partial charge in [0.15, 0.2) is 0 Å². The van der Waals surface area contributed by atoms with E-state index in [-0.39, 0.29) is 0 Å². The fourth-order valence-corrected chi connectivity index (χ4v) is 3.77. The average molecular weight is 250 g/mol. The van der Waals surface area contributed by atoms with E-state index in [1.54, 1.807) is 0 Å². The minimum atomic E-state index is 0.655. The third kappa shape index (κ3) is 2.18. The van der Waals surface area contributed by atoms with Crippen LogP contribution in [0, 0.1) is 12.8 Å². The molecule has 1 aliphatic carbocycles. The average Bonchev–Trinajstić information content (AvgIpc) is 2.74. The molecule has 17 heavy (non-hydrogen) atoms. The largest absolute Gasteiger partial charge is 0.381 e. The maximum atomic E-state index is 6.13. The fourth-order valence-electron chi connectivity index (χ4n) is 3.47. The van der Waals surface area contributed by atoms with Gasteiger partial charge in [-0.1, -0.05) is 30.9 Å². The van der Waals surface area contributed by atoms with Crippen LogP contribution in [0.3, 0.4) is 0 Å². The van der Waals surface area contributed by atoms with Crippen molar-refractivity contribution < 1.29 is 0 Å². The van der Waals surface area contributed by atoms with Gasteiger partial charge in [-0.15, -0.1) is 0 Å². The van der Waals surface area contributed by atoms with E-state index in [1.807, 2.05) is 0 Å². The maximum absolute atomic E-state index is 6.13. The van der Waals surface area contributed by atoms with E-state index in [0.29, 0.717) is 6.04 Å². The standard InChI is InChI=1S/C15H20ClN/c1-10-7-13(16)8-12-9-14(17-15(10)12)11-5-3-2-4-6-11/h7-8,11,14,17H,2-6,9H2,1H3. The van der Waals surface area contributed by atoms with Gasteiger partial charge < -0.3 is 5.32 Å². The topological polar surface area (TPSA) is 12.0 Å². The van der Waals surface area contributed by atoms with Crippen LogP contribution in [-0.2, 0) is 6.42 Å². The van der Waals surface area contributed by atoms with Crippen LogP contribution in [0.5, 0.6) is 0 Å². The zero-order chi connectivity index (χ0) is 11.8. The van der Waals surface area contributed by atoms with Gasteiger partial charge in [0.1, 0.15) is 0 Å². The first-order valence-electron chi connectivity index (χ1n) is 6.79. The van der Waals surface area contributed by atoms with Crippen molar-refractivity contribution in [2.24, 2.45) is 5.92 Å². The van der Waals surface area contributed by atoms with Crippen molar-refractivity contribution in [2.75, 3.05) is 5.32 Å². The molecule has 1 N–H and O–H groups in total. The summed E-state index contributed by atoms with van der Waals surface area (Å²) in [6, 6.07) is 4.86. The van der Waals surface area contributed by atoms with E-state index in [4.69, 9.17) is 11.6 Å². The van der Waals surface area contributed by atoms with Gasteiger partial charge in [-0.25, -0.2) is 0 Å². The van der Waals surface area contributed by atoms with Crippen molar-refractivity contribution in [1.29, 1.82) is 0 Å². The van der Waals surface area contributed by atoms with Gasteiger partial charge in [-0.05, 0) is 55.4 Å². The fraction of sp³-hybridized carbons (Fsp3) is 0.600. The van der Waals surface area contributed by atoms with Crippen LogP contribution in [-0.4, -0.2) is 6.04 Å². The number of nitrogens with one attached hydrogen (secondary N) is 1. The Bertz CT molecular complexity index is 421. The smallest absolute Gasteiger partial charge is 0.0412 e. The predicted molar refractivity (Wildman–Crippen MR) is 73.9 cm³/mol. The van der Waals surface area contributed by atoms with E-state index < -0.39 is 0 Å². The molecule has 1 heterocycles. The van der Waals surface area contributed by atoms with Gasteiger partial charge in [0.2, 0.25) is 0 Å². The Hall–Kier alpha value is -0.690. The lowest BCUT2D eigenvalue weighted by molar-refractivity contribution is 0.321. The molecule has 92 valence electrons. The van der Waals surface area contributed by atoms with E-state index in [1.165, 1.54) is 55.3 Å². The number of benzene rings is 1. The second-order valence-electron chi connectivity index (χ2n) is 5.61. The van der Waals surface area contributed by atoms with Crippen molar-refractivity contribution in [3.63, 3.8) is 0 Å².